The second-order valence-corrected chi connectivity index (χ2v) is 8.02. The third-order valence-corrected chi connectivity index (χ3v) is 6.06. The predicted molar refractivity (Wildman–Crippen MR) is 108 cm³/mol. The summed E-state index contributed by atoms with van der Waals surface area (Å²) in [5.41, 5.74) is 1.60. The van der Waals surface area contributed by atoms with Gasteiger partial charge in [0.05, 0.1) is 18.9 Å². The molecule has 146 valence electrons. The van der Waals surface area contributed by atoms with Gasteiger partial charge in [0.2, 0.25) is 5.95 Å². The van der Waals surface area contributed by atoms with E-state index in [1.807, 2.05) is 10.6 Å². The Hall–Kier alpha value is -1.97. The van der Waals surface area contributed by atoms with Gasteiger partial charge in [-0.1, -0.05) is 39.8 Å². The Morgan fingerprint density at radius 3 is 2.57 bits per heavy atom. The van der Waals surface area contributed by atoms with E-state index in [0.29, 0.717) is 53.3 Å². The molecule has 0 unspecified atom stereocenters. The van der Waals surface area contributed by atoms with Crippen LogP contribution in [0.4, 0.5) is 14.7 Å². The van der Waals surface area contributed by atoms with Gasteiger partial charge in [-0.25, -0.2) is 8.78 Å². The number of ether oxygens (including phenoxy) is 1. The molecule has 9 heteroatoms. The van der Waals surface area contributed by atoms with E-state index in [0.717, 1.165) is 5.56 Å². The molecule has 0 N–H and O–H groups in total. The van der Waals surface area contributed by atoms with Crippen molar-refractivity contribution in [3.63, 3.8) is 0 Å². The van der Waals surface area contributed by atoms with Crippen molar-refractivity contribution in [2.24, 2.45) is 0 Å². The monoisotopic (exact) mass is 466 g/mol. The van der Waals surface area contributed by atoms with E-state index in [1.165, 1.54) is 36.0 Å². The van der Waals surface area contributed by atoms with Crippen LogP contribution in [0.25, 0.3) is 5.69 Å². The molecule has 1 fully saturated rings. The molecule has 1 saturated heterocycles. The van der Waals surface area contributed by atoms with Gasteiger partial charge < -0.3 is 9.64 Å². The topological polar surface area (TPSA) is 43.2 Å². The number of hydrogen-bond donors (Lipinski definition) is 0. The van der Waals surface area contributed by atoms with Gasteiger partial charge in [0, 0.05) is 23.3 Å². The fourth-order valence-electron chi connectivity index (χ4n) is 2.95. The van der Waals surface area contributed by atoms with Crippen LogP contribution >= 0.6 is 27.7 Å². The van der Waals surface area contributed by atoms with E-state index in [-0.39, 0.29) is 11.6 Å². The first kappa shape index (κ1) is 19.4. The first-order valence-electron chi connectivity index (χ1n) is 8.72. The van der Waals surface area contributed by atoms with Gasteiger partial charge in [0.1, 0.15) is 11.6 Å². The Labute approximate surface area is 173 Å². The van der Waals surface area contributed by atoms with Gasteiger partial charge >= 0.3 is 0 Å². The van der Waals surface area contributed by atoms with Crippen molar-refractivity contribution in [3.05, 3.63) is 64.1 Å². The van der Waals surface area contributed by atoms with Gasteiger partial charge in [-0.3, -0.25) is 4.57 Å². The fraction of sp³-hybridized carbons (Fsp3) is 0.263. The summed E-state index contributed by atoms with van der Waals surface area (Å²) in [5, 5.41) is 9.35. The molecule has 2 heterocycles. The van der Waals surface area contributed by atoms with Crippen molar-refractivity contribution in [2.45, 2.75) is 10.9 Å². The summed E-state index contributed by atoms with van der Waals surface area (Å²) in [6.07, 6.45) is 0. The molecule has 0 saturated carbocycles. The Bertz CT molecular complexity index is 978. The molecule has 0 spiro atoms. The Kier molecular flexibility index (Phi) is 5.93. The summed E-state index contributed by atoms with van der Waals surface area (Å²) < 4.78 is 35.2. The summed E-state index contributed by atoms with van der Waals surface area (Å²) in [6.45, 7) is 2.62. The van der Waals surface area contributed by atoms with Crippen LogP contribution in [0.2, 0.25) is 0 Å². The highest BCUT2D eigenvalue weighted by molar-refractivity contribution is 9.10. The third kappa shape index (κ3) is 4.21. The molecular formula is C19H17BrF2N4OS. The highest BCUT2D eigenvalue weighted by atomic mass is 79.9. The molecule has 0 radical (unpaired) electrons. The maximum atomic E-state index is 13.9. The zero-order valence-corrected chi connectivity index (χ0v) is 17.2. The van der Waals surface area contributed by atoms with Crippen LogP contribution in [0.15, 0.2) is 52.1 Å². The number of hydrogen-bond acceptors (Lipinski definition) is 5. The van der Waals surface area contributed by atoms with E-state index in [9.17, 15) is 8.78 Å². The molecule has 0 amide bonds. The summed E-state index contributed by atoms with van der Waals surface area (Å²) >= 11 is 4.86. The zero-order chi connectivity index (χ0) is 19.5. The normalized spacial score (nSPS) is 14.5. The maximum absolute atomic E-state index is 13.9. The molecular weight excluding hydrogens is 450 g/mol. The lowest BCUT2D eigenvalue weighted by molar-refractivity contribution is 0.122. The first-order valence-corrected chi connectivity index (χ1v) is 10.5. The van der Waals surface area contributed by atoms with Gasteiger partial charge in [0.25, 0.3) is 0 Å². The lowest BCUT2D eigenvalue weighted by Crippen LogP contribution is -2.37. The number of halogens is 3. The lowest BCUT2D eigenvalue weighted by Gasteiger charge is -2.27. The molecule has 0 aliphatic carbocycles. The summed E-state index contributed by atoms with van der Waals surface area (Å²) in [5.74, 6) is 0.612. The average Bonchev–Trinajstić information content (AvgIpc) is 3.12. The quantitative estimate of drug-likeness (QED) is 0.520. The molecule has 0 bridgehead atoms. The molecule has 3 aromatic rings. The van der Waals surface area contributed by atoms with Gasteiger partial charge in [-0.15, -0.1) is 10.2 Å². The Morgan fingerprint density at radius 2 is 1.82 bits per heavy atom. The van der Waals surface area contributed by atoms with Crippen LogP contribution in [0, 0.1) is 11.6 Å². The lowest BCUT2D eigenvalue weighted by atomic mass is 10.2. The predicted octanol–water partition coefficient (Wildman–Crippen LogP) is 4.44. The fourth-order valence-corrected chi connectivity index (χ4v) is 4.57. The van der Waals surface area contributed by atoms with Crippen molar-refractivity contribution in [1.82, 2.24) is 14.8 Å². The van der Waals surface area contributed by atoms with Crippen molar-refractivity contribution in [1.29, 1.82) is 0 Å². The Morgan fingerprint density at radius 1 is 1.04 bits per heavy atom. The maximum Gasteiger partial charge on any atom is 0.232 e. The molecule has 2 aromatic carbocycles. The molecule has 1 aromatic heterocycles. The van der Waals surface area contributed by atoms with Crippen LogP contribution in [0.3, 0.4) is 0 Å². The minimum atomic E-state index is -0.323. The minimum Gasteiger partial charge on any atom is -0.378 e. The second kappa shape index (κ2) is 8.59. The van der Waals surface area contributed by atoms with E-state index >= 15 is 0 Å². The number of thioether (sulfide) groups is 1. The second-order valence-electron chi connectivity index (χ2n) is 6.22. The SMILES string of the molecule is Fc1cccc(-n2c(SCc3ccc(F)cc3Br)nnc2N2CCOCC2)c1. The van der Waals surface area contributed by atoms with Crippen molar-refractivity contribution < 1.29 is 13.5 Å². The molecule has 1 aliphatic rings. The standard InChI is InChI=1S/C19H17BrF2N4OS/c20-17-11-15(22)5-4-13(17)12-28-19-24-23-18(25-6-8-27-9-7-25)26(19)16-3-1-2-14(21)10-16/h1-5,10-11H,6-9,12H2. The number of morpholine rings is 1. The zero-order valence-electron chi connectivity index (χ0n) is 14.8. The number of anilines is 1. The number of nitrogens with zero attached hydrogens (tertiary/aromatic N) is 4. The molecule has 4 rings (SSSR count). The highest BCUT2D eigenvalue weighted by Gasteiger charge is 2.22. The number of rotatable bonds is 5. The minimum absolute atomic E-state index is 0.293. The molecule has 1 aliphatic heterocycles. The average molecular weight is 467 g/mol. The van der Waals surface area contributed by atoms with Crippen LogP contribution in [-0.2, 0) is 10.5 Å². The molecule has 0 atom stereocenters. The van der Waals surface area contributed by atoms with Crippen LogP contribution in [-0.4, -0.2) is 41.1 Å². The van der Waals surface area contributed by atoms with Crippen LogP contribution in [0.5, 0.6) is 0 Å². The van der Waals surface area contributed by atoms with Crippen LogP contribution < -0.4 is 4.90 Å². The summed E-state index contributed by atoms with van der Waals surface area (Å²) in [6, 6.07) is 11.0. The van der Waals surface area contributed by atoms with E-state index in [2.05, 4.69) is 31.0 Å². The molecule has 28 heavy (non-hydrogen) atoms. The largest absolute Gasteiger partial charge is 0.378 e. The van der Waals surface area contributed by atoms with Crippen molar-refractivity contribution in [3.8, 4) is 5.69 Å². The molecule has 5 nitrogen and oxygen atoms in total. The summed E-state index contributed by atoms with van der Waals surface area (Å²) in [4.78, 5) is 2.08. The first-order chi connectivity index (χ1) is 13.6. The van der Waals surface area contributed by atoms with E-state index in [4.69, 9.17) is 4.74 Å². The number of benzene rings is 2. The van der Waals surface area contributed by atoms with Crippen molar-refractivity contribution >= 4 is 33.6 Å². The van der Waals surface area contributed by atoms with Crippen molar-refractivity contribution in [2.75, 3.05) is 31.2 Å². The summed E-state index contributed by atoms with van der Waals surface area (Å²) in [7, 11) is 0. The van der Waals surface area contributed by atoms with Crippen LogP contribution in [0.1, 0.15) is 5.56 Å². The smallest absolute Gasteiger partial charge is 0.232 e. The third-order valence-electron chi connectivity index (χ3n) is 4.35. The van der Waals surface area contributed by atoms with E-state index in [1.54, 1.807) is 12.1 Å². The highest BCUT2D eigenvalue weighted by Crippen LogP contribution is 2.31. The Balaban J connectivity index is 1.67. The van der Waals surface area contributed by atoms with E-state index < -0.39 is 0 Å². The van der Waals surface area contributed by atoms with Gasteiger partial charge in [-0.2, -0.15) is 0 Å². The number of aromatic nitrogens is 3. The van der Waals surface area contributed by atoms with Gasteiger partial charge in [0.15, 0.2) is 5.16 Å². The van der Waals surface area contributed by atoms with Gasteiger partial charge in [-0.05, 0) is 35.9 Å².